The molecule has 3 rings (SSSR count). The van der Waals surface area contributed by atoms with Crippen molar-refractivity contribution in [1.82, 2.24) is 0 Å². The molecule has 3 unspecified atom stereocenters. The van der Waals surface area contributed by atoms with E-state index in [2.05, 4.69) is 0 Å². The minimum absolute atomic E-state index is 0.00813. The molecule has 1 saturated heterocycles. The summed E-state index contributed by atoms with van der Waals surface area (Å²) < 4.78 is 15.7. The van der Waals surface area contributed by atoms with Crippen molar-refractivity contribution in [2.75, 3.05) is 27.4 Å². The minimum atomic E-state index is -0.812. The number of hydrogen-bond acceptors (Lipinski definition) is 7. The Morgan fingerprint density at radius 3 is 2.48 bits per heavy atom. The van der Waals surface area contributed by atoms with Gasteiger partial charge < -0.3 is 34.6 Å². The SMILES string of the molecule is COc1cc(C(O)C2COCC2Cc2ccc(O)c(OC)c2O)ccc1O. The zero-order chi connectivity index (χ0) is 19.6. The van der Waals surface area contributed by atoms with Gasteiger partial charge >= 0.3 is 0 Å². The van der Waals surface area contributed by atoms with Crippen LogP contribution in [0.3, 0.4) is 0 Å². The summed E-state index contributed by atoms with van der Waals surface area (Å²) in [5, 5.41) is 40.7. The molecule has 2 aromatic carbocycles. The van der Waals surface area contributed by atoms with E-state index in [4.69, 9.17) is 14.2 Å². The molecular weight excluding hydrogens is 352 g/mol. The molecule has 0 aromatic heterocycles. The van der Waals surface area contributed by atoms with E-state index in [1.165, 1.54) is 26.4 Å². The van der Waals surface area contributed by atoms with Crippen molar-refractivity contribution >= 4 is 0 Å². The summed E-state index contributed by atoms with van der Waals surface area (Å²) in [7, 11) is 2.83. The van der Waals surface area contributed by atoms with Crippen LogP contribution < -0.4 is 9.47 Å². The number of methoxy groups -OCH3 is 2. The maximum absolute atomic E-state index is 10.8. The van der Waals surface area contributed by atoms with E-state index < -0.39 is 6.10 Å². The predicted molar refractivity (Wildman–Crippen MR) is 97.4 cm³/mol. The average molecular weight is 376 g/mol. The molecule has 27 heavy (non-hydrogen) atoms. The van der Waals surface area contributed by atoms with Crippen molar-refractivity contribution in [3.63, 3.8) is 0 Å². The van der Waals surface area contributed by atoms with Crippen LogP contribution in [0.1, 0.15) is 17.2 Å². The molecule has 1 heterocycles. The number of benzene rings is 2. The molecule has 1 aliphatic heterocycles. The monoisotopic (exact) mass is 376 g/mol. The first-order valence-corrected chi connectivity index (χ1v) is 8.66. The van der Waals surface area contributed by atoms with Crippen molar-refractivity contribution in [2.24, 2.45) is 11.8 Å². The number of aliphatic hydroxyl groups is 1. The molecule has 146 valence electrons. The number of aromatic hydroxyl groups is 3. The van der Waals surface area contributed by atoms with Crippen molar-refractivity contribution in [3.8, 4) is 28.7 Å². The minimum Gasteiger partial charge on any atom is -0.504 e. The van der Waals surface area contributed by atoms with Gasteiger partial charge in [0.15, 0.2) is 23.0 Å². The standard InChI is InChI=1S/C20H24O7/c1-25-17-8-12(3-5-15(17)21)18(23)14-10-27-9-13(14)7-11-4-6-16(22)20(26-2)19(11)24/h3-6,8,13-14,18,21-24H,7,9-10H2,1-2H3. The van der Waals surface area contributed by atoms with E-state index in [0.29, 0.717) is 36.5 Å². The Kier molecular flexibility index (Phi) is 5.62. The lowest BCUT2D eigenvalue weighted by Crippen LogP contribution is -2.22. The van der Waals surface area contributed by atoms with Crippen molar-refractivity contribution in [2.45, 2.75) is 12.5 Å². The Morgan fingerprint density at radius 2 is 1.78 bits per heavy atom. The van der Waals surface area contributed by atoms with Crippen molar-refractivity contribution in [3.05, 3.63) is 41.5 Å². The highest BCUT2D eigenvalue weighted by Crippen LogP contribution is 2.42. The summed E-state index contributed by atoms with van der Waals surface area (Å²) in [5.41, 5.74) is 1.23. The van der Waals surface area contributed by atoms with Gasteiger partial charge in [0.1, 0.15) is 0 Å². The van der Waals surface area contributed by atoms with E-state index >= 15 is 0 Å². The fraction of sp³-hybridized carbons (Fsp3) is 0.400. The molecule has 0 amide bonds. The lowest BCUT2D eigenvalue weighted by atomic mass is 9.83. The van der Waals surface area contributed by atoms with E-state index in [9.17, 15) is 20.4 Å². The summed E-state index contributed by atoms with van der Waals surface area (Å²) in [6, 6.07) is 7.85. The van der Waals surface area contributed by atoms with E-state index in [1.807, 2.05) is 0 Å². The second kappa shape index (κ2) is 7.94. The normalized spacial score (nSPS) is 20.4. The fourth-order valence-electron chi connectivity index (χ4n) is 3.55. The van der Waals surface area contributed by atoms with Gasteiger partial charge in [0.25, 0.3) is 0 Å². The molecule has 1 aliphatic rings. The van der Waals surface area contributed by atoms with Crippen molar-refractivity contribution in [1.29, 1.82) is 0 Å². The van der Waals surface area contributed by atoms with Gasteiger partial charge in [-0.1, -0.05) is 12.1 Å². The number of phenolic OH excluding ortho intramolecular Hbond substituents is 3. The second-order valence-electron chi connectivity index (χ2n) is 6.67. The van der Waals surface area contributed by atoms with Crippen LogP contribution >= 0.6 is 0 Å². The molecule has 0 aliphatic carbocycles. The molecule has 7 nitrogen and oxygen atoms in total. The lowest BCUT2D eigenvalue weighted by molar-refractivity contribution is 0.0808. The van der Waals surface area contributed by atoms with Gasteiger partial charge in [-0.05, 0) is 41.7 Å². The number of aliphatic hydroxyl groups excluding tert-OH is 1. The maximum atomic E-state index is 10.8. The van der Waals surface area contributed by atoms with E-state index in [-0.39, 0.29) is 34.8 Å². The molecule has 0 radical (unpaired) electrons. The zero-order valence-electron chi connectivity index (χ0n) is 15.3. The predicted octanol–water partition coefficient (Wildman–Crippen LogP) is 2.36. The number of phenols is 3. The summed E-state index contributed by atoms with van der Waals surface area (Å²) in [6.07, 6.45) is -0.354. The van der Waals surface area contributed by atoms with Gasteiger partial charge in [-0.3, -0.25) is 0 Å². The van der Waals surface area contributed by atoms with E-state index in [0.717, 1.165) is 0 Å². The Bertz CT molecular complexity index is 805. The molecule has 0 spiro atoms. The molecule has 4 N–H and O–H groups in total. The third-order valence-electron chi connectivity index (χ3n) is 5.08. The number of ether oxygens (including phenoxy) is 3. The third-order valence-corrected chi connectivity index (χ3v) is 5.08. The van der Waals surface area contributed by atoms with Crippen molar-refractivity contribution < 1.29 is 34.6 Å². The summed E-state index contributed by atoms with van der Waals surface area (Å²) >= 11 is 0. The van der Waals surface area contributed by atoms with Crippen LogP contribution in [-0.2, 0) is 11.2 Å². The van der Waals surface area contributed by atoms with Crippen LogP contribution in [0.25, 0.3) is 0 Å². The first-order valence-electron chi connectivity index (χ1n) is 8.66. The molecule has 1 fully saturated rings. The largest absolute Gasteiger partial charge is 0.504 e. The highest BCUT2D eigenvalue weighted by atomic mass is 16.5. The molecular formula is C20H24O7. The Balaban J connectivity index is 1.81. The van der Waals surface area contributed by atoms with Crippen LogP contribution in [0.5, 0.6) is 28.7 Å². The topological polar surface area (TPSA) is 109 Å². The number of hydrogen-bond donors (Lipinski definition) is 4. The Morgan fingerprint density at radius 1 is 1.04 bits per heavy atom. The molecule has 0 saturated carbocycles. The summed E-state index contributed by atoms with van der Waals surface area (Å²) in [4.78, 5) is 0. The van der Waals surface area contributed by atoms with Gasteiger partial charge in [-0.2, -0.15) is 0 Å². The highest BCUT2D eigenvalue weighted by molar-refractivity contribution is 5.54. The maximum Gasteiger partial charge on any atom is 0.203 e. The third kappa shape index (κ3) is 3.74. The van der Waals surface area contributed by atoms with Gasteiger partial charge in [0, 0.05) is 5.92 Å². The van der Waals surface area contributed by atoms with Gasteiger partial charge in [0.2, 0.25) is 5.75 Å². The highest BCUT2D eigenvalue weighted by Gasteiger charge is 2.35. The number of rotatable bonds is 6. The molecule has 2 aromatic rings. The van der Waals surface area contributed by atoms with Gasteiger partial charge in [-0.25, -0.2) is 0 Å². The summed E-state index contributed by atoms with van der Waals surface area (Å²) in [6.45, 7) is 0.824. The Labute approximate surface area is 157 Å². The smallest absolute Gasteiger partial charge is 0.203 e. The van der Waals surface area contributed by atoms with Crippen LogP contribution in [0.2, 0.25) is 0 Å². The van der Waals surface area contributed by atoms with Gasteiger partial charge in [-0.15, -0.1) is 0 Å². The van der Waals surface area contributed by atoms with E-state index in [1.54, 1.807) is 18.2 Å². The fourth-order valence-corrected chi connectivity index (χ4v) is 3.55. The van der Waals surface area contributed by atoms with Crippen LogP contribution in [0.4, 0.5) is 0 Å². The van der Waals surface area contributed by atoms with Crippen LogP contribution in [0, 0.1) is 11.8 Å². The Hall–Kier alpha value is -2.64. The quantitative estimate of drug-likeness (QED) is 0.613. The van der Waals surface area contributed by atoms with Crippen LogP contribution in [-0.4, -0.2) is 47.9 Å². The molecule has 7 heteroatoms. The first kappa shape index (κ1) is 19.1. The lowest BCUT2D eigenvalue weighted by Gasteiger charge is -2.24. The zero-order valence-corrected chi connectivity index (χ0v) is 15.3. The first-order chi connectivity index (χ1) is 13.0. The molecule has 3 atom stereocenters. The van der Waals surface area contributed by atoms with Gasteiger partial charge in [0.05, 0.1) is 33.5 Å². The molecule has 0 bridgehead atoms. The average Bonchev–Trinajstić information content (AvgIpc) is 3.12. The second-order valence-corrected chi connectivity index (χ2v) is 6.67. The van der Waals surface area contributed by atoms with Crippen LogP contribution in [0.15, 0.2) is 30.3 Å². The summed E-state index contributed by atoms with van der Waals surface area (Å²) in [5.74, 6) is -0.139.